The van der Waals surface area contributed by atoms with E-state index in [1.165, 1.54) is 12.4 Å². The van der Waals surface area contributed by atoms with Crippen LogP contribution in [0.1, 0.15) is 15.9 Å². The Kier molecular flexibility index (Phi) is 3.93. The summed E-state index contributed by atoms with van der Waals surface area (Å²) in [6.45, 7) is 1.83. The van der Waals surface area contributed by atoms with Crippen LogP contribution in [0.25, 0.3) is 0 Å². The zero-order valence-electron chi connectivity index (χ0n) is 9.45. The van der Waals surface area contributed by atoms with E-state index >= 15 is 0 Å². The van der Waals surface area contributed by atoms with Gasteiger partial charge in [-0.15, -0.1) is 0 Å². The summed E-state index contributed by atoms with van der Waals surface area (Å²) in [5.74, 6) is 0.165. The minimum atomic E-state index is -0.235. The summed E-state index contributed by atoms with van der Waals surface area (Å²) in [6, 6.07) is 5.10. The number of aromatic nitrogens is 2. The molecular formula is C12H9BrClN3O. The van der Waals surface area contributed by atoms with E-state index in [-0.39, 0.29) is 5.91 Å². The van der Waals surface area contributed by atoms with E-state index in [1.54, 1.807) is 18.2 Å². The van der Waals surface area contributed by atoms with Crippen molar-refractivity contribution in [2.45, 2.75) is 6.92 Å². The van der Waals surface area contributed by atoms with E-state index < -0.39 is 0 Å². The first-order chi connectivity index (χ1) is 8.56. The van der Waals surface area contributed by atoms with Crippen LogP contribution in [0.15, 0.2) is 35.2 Å². The number of benzene rings is 1. The average molecular weight is 327 g/mol. The Bertz CT molecular complexity index is 586. The predicted molar refractivity (Wildman–Crippen MR) is 73.9 cm³/mol. The Morgan fingerprint density at radius 1 is 1.33 bits per heavy atom. The van der Waals surface area contributed by atoms with Crippen LogP contribution in [0, 0.1) is 6.92 Å². The molecule has 0 unspecified atom stereocenters. The van der Waals surface area contributed by atoms with Crippen molar-refractivity contribution < 1.29 is 4.79 Å². The van der Waals surface area contributed by atoms with Crippen molar-refractivity contribution in [3.05, 3.63) is 51.3 Å². The smallest absolute Gasteiger partial charge is 0.257 e. The molecule has 0 saturated heterocycles. The van der Waals surface area contributed by atoms with Gasteiger partial charge in [-0.2, -0.15) is 0 Å². The van der Waals surface area contributed by atoms with Gasteiger partial charge in [0, 0.05) is 10.6 Å². The molecule has 92 valence electrons. The lowest BCUT2D eigenvalue weighted by molar-refractivity contribution is 0.102. The molecule has 2 aromatic rings. The number of halogens is 2. The number of hydrogen-bond donors (Lipinski definition) is 1. The number of nitrogens with one attached hydrogen (secondary N) is 1. The maximum Gasteiger partial charge on any atom is 0.257 e. The highest BCUT2D eigenvalue weighted by Gasteiger charge is 2.10. The van der Waals surface area contributed by atoms with Gasteiger partial charge in [0.05, 0.1) is 12.4 Å². The van der Waals surface area contributed by atoms with Gasteiger partial charge in [-0.3, -0.25) is 4.79 Å². The zero-order valence-corrected chi connectivity index (χ0v) is 11.8. The number of carbonyl (C=O) groups is 1. The molecule has 1 heterocycles. The van der Waals surface area contributed by atoms with Crippen molar-refractivity contribution in [3.63, 3.8) is 0 Å². The van der Waals surface area contributed by atoms with Crippen LogP contribution >= 0.6 is 27.5 Å². The van der Waals surface area contributed by atoms with Crippen LogP contribution < -0.4 is 5.32 Å². The van der Waals surface area contributed by atoms with Crippen LogP contribution in [0.2, 0.25) is 5.02 Å². The van der Waals surface area contributed by atoms with Crippen LogP contribution in [0.4, 0.5) is 5.82 Å². The summed E-state index contributed by atoms with van der Waals surface area (Å²) in [4.78, 5) is 20.0. The molecule has 1 N–H and O–H groups in total. The van der Waals surface area contributed by atoms with Crippen LogP contribution in [-0.4, -0.2) is 15.9 Å². The molecule has 0 atom stereocenters. The van der Waals surface area contributed by atoms with Crippen molar-refractivity contribution in [3.8, 4) is 0 Å². The van der Waals surface area contributed by atoms with Gasteiger partial charge in [0.25, 0.3) is 5.91 Å². The van der Waals surface area contributed by atoms with Gasteiger partial charge >= 0.3 is 0 Å². The number of anilines is 1. The second kappa shape index (κ2) is 5.46. The molecule has 1 aromatic heterocycles. The van der Waals surface area contributed by atoms with Crippen LogP contribution in [-0.2, 0) is 0 Å². The van der Waals surface area contributed by atoms with Crippen molar-refractivity contribution in [1.29, 1.82) is 0 Å². The molecule has 1 aromatic carbocycles. The summed E-state index contributed by atoms with van der Waals surface area (Å²) in [5.41, 5.74) is 1.37. The van der Waals surface area contributed by atoms with Gasteiger partial charge in [-0.25, -0.2) is 9.97 Å². The van der Waals surface area contributed by atoms with Gasteiger partial charge in [-0.05, 0) is 46.6 Å². The van der Waals surface area contributed by atoms with E-state index in [0.29, 0.717) is 21.0 Å². The number of amides is 1. The fraction of sp³-hybridized carbons (Fsp3) is 0.0833. The molecule has 0 aliphatic rings. The molecular weight excluding hydrogens is 318 g/mol. The summed E-state index contributed by atoms with van der Waals surface area (Å²) >= 11 is 9.02. The number of hydrogen-bond acceptors (Lipinski definition) is 3. The Hall–Kier alpha value is -1.46. The Balaban J connectivity index is 2.19. The Morgan fingerprint density at radius 3 is 2.72 bits per heavy atom. The highest BCUT2D eigenvalue weighted by Crippen LogP contribution is 2.16. The fourth-order valence-corrected chi connectivity index (χ4v) is 1.87. The maximum absolute atomic E-state index is 12.0. The highest BCUT2D eigenvalue weighted by molar-refractivity contribution is 9.10. The SMILES string of the molecule is Cc1cc(Cl)ccc1C(=O)Nc1cnc(Br)cn1. The molecule has 0 spiro atoms. The molecule has 0 bridgehead atoms. The van der Waals surface area contributed by atoms with E-state index in [0.717, 1.165) is 5.56 Å². The Labute approximate surface area is 118 Å². The summed E-state index contributed by atoms with van der Waals surface area (Å²) < 4.78 is 0.614. The third kappa shape index (κ3) is 3.05. The topological polar surface area (TPSA) is 54.9 Å². The quantitative estimate of drug-likeness (QED) is 0.919. The first-order valence-electron chi connectivity index (χ1n) is 5.11. The lowest BCUT2D eigenvalue weighted by Crippen LogP contribution is -2.14. The van der Waals surface area contributed by atoms with Gasteiger partial charge in [0.1, 0.15) is 4.60 Å². The standard InChI is InChI=1S/C12H9BrClN3O/c1-7-4-8(14)2-3-9(7)12(18)17-11-6-15-10(13)5-16-11/h2-6H,1H3,(H,16,17,18). The van der Waals surface area contributed by atoms with Crippen molar-refractivity contribution >= 4 is 39.3 Å². The number of nitrogens with zero attached hydrogens (tertiary/aromatic N) is 2. The molecule has 18 heavy (non-hydrogen) atoms. The lowest BCUT2D eigenvalue weighted by atomic mass is 10.1. The molecule has 2 rings (SSSR count). The molecule has 0 aliphatic carbocycles. The average Bonchev–Trinajstić information content (AvgIpc) is 2.32. The Morgan fingerprint density at radius 2 is 2.11 bits per heavy atom. The molecule has 1 amide bonds. The van der Waals surface area contributed by atoms with E-state index in [9.17, 15) is 4.79 Å². The normalized spacial score (nSPS) is 10.2. The van der Waals surface area contributed by atoms with Crippen molar-refractivity contribution in [1.82, 2.24) is 9.97 Å². The maximum atomic E-state index is 12.0. The minimum Gasteiger partial charge on any atom is -0.305 e. The monoisotopic (exact) mass is 325 g/mol. The fourth-order valence-electron chi connectivity index (χ4n) is 1.44. The van der Waals surface area contributed by atoms with Crippen LogP contribution in [0.3, 0.4) is 0 Å². The third-order valence-electron chi connectivity index (χ3n) is 2.30. The lowest BCUT2D eigenvalue weighted by Gasteiger charge is -2.07. The van der Waals surface area contributed by atoms with Crippen LogP contribution in [0.5, 0.6) is 0 Å². The van der Waals surface area contributed by atoms with E-state index in [2.05, 4.69) is 31.2 Å². The molecule has 0 fully saturated rings. The first-order valence-corrected chi connectivity index (χ1v) is 6.28. The summed E-state index contributed by atoms with van der Waals surface area (Å²) in [7, 11) is 0. The summed E-state index contributed by atoms with van der Waals surface area (Å²) in [6.07, 6.45) is 3.00. The van der Waals surface area contributed by atoms with Crippen molar-refractivity contribution in [2.24, 2.45) is 0 Å². The predicted octanol–water partition coefficient (Wildman–Crippen LogP) is 3.45. The second-order valence-corrected chi connectivity index (χ2v) is 4.89. The largest absolute Gasteiger partial charge is 0.305 e. The molecule has 4 nitrogen and oxygen atoms in total. The third-order valence-corrected chi connectivity index (χ3v) is 2.94. The van der Waals surface area contributed by atoms with Crippen molar-refractivity contribution in [2.75, 3.05) is 5.32 Å². The van der Waals surface area contributed by atoms with E-state index in [1.807, 2.05) is 6.92 Å². The summed E-state index contributed by atoms with van der Waals surface area (Å²) in [5, 5.41) is 3.27. The molecule has 6 heteroatoms. The molecule has 0 saturated carbocycles. The molecule has 0 aliphatic heterocycles. The number of rotatable bonds is 2. The number of carbonyl (C=O) groups excluding carboxylic acids is 1. The number of aryl methyl sites for hydroxylation is 1. The highest BCUT2D eigenvalue weighted by atomic mass is 79.9. The second-order valence-electron chi connectivity index (χ2n) is 3.64. The van der Waals surface area contributed by atoms with Gasteiger partial charge < -0.3 is 5.32 Å². The van der Waals surface area contributed by atoms with E-state index in [4.69, 9.17) is 11.6 Å². The minimum absolute atomic E-state index is 0.235. The first kappa shape index (κ1) is 13.0. The zero-order chi connectivity index (χ0) is 13.1. The van der Waals surface area contributed by atoms with Gasteiger partial charge in [0.15, 0.2) is 5.82 Å². The molecule has 0 radical (unpaired) electrons. The van der Waals surface area contributed by atoms with Gasteiger partial charge in [-0.1, -0.05) is 11.6 Å². The van der Waals surface area contributed by atoms with Gasteiger partial charge in [0.2, 0.25) is 0 Å².